The normalized spacial score (nSPS) is 40.2. The van der Waals surface area contributed by atoms with E-state index >= 15 is 0 Å². The third kappa shape index (κ3) is 14.9. The van der Waals surface area contributed by atoms with Crippen LogP contribution in [0.3, 0.4) is 0 Å². The predicted octanol–water partition coefficient (Wildman–Crippen LogP) is 4.77. The van der Waals surface area contributed by atoms with Crippen molar-refractivity contribution in [2.24, 2.45) is 17.8 Å². The summed E-state index contributed by atoms with van der Waals surface area (Å²) in [5.41, 5.74) is -3.78. The highest BCUT2D eigenvalue weighted by Gasteiger charge is 2.54. The molecule has 1 aromatic rings. The quantitative estimate of drug-likeness (QED) is 0.129. The van der Waals surface area contributed by atoms with Crippen LogP contribution in [0.4, 0.5) is 0 Å². The molecule has 0 amide bonds. The van der Waals surface area contributed by atoms with E-state index in [2.05, 4.69) is 0 Å². The molecule has 3 aliphatic heterocycles. The summed E-state index contributed by atoms with van der Waals surface area (Å²) < 4.78 is 56.7. The lowest BCUT2D eigenvalue weighted by molar-refractivity contribution is -0.322. The monoisotopic (exact) mass is 1010 g/mol. The molecule has 0 unspecified atom stereocenters. The van der Waals surface area contributed by atoms with E-state index in [1.165, 1.54) is 21.0 Å². The van der Waals surface area contributed by atoms with E-state index in [1.54, 1.807) is 41.5 Å². The van der Waals surface area contributed by atoms with Gasteiger partial charge in [-0.3, -0.25) is 4.79 Å². The van der Waals surface area contributed by atoms with Gasteiger partial charge in [0.25, 0.3) is 0 Å². The van der Waals surface area contributed by atoms with Gasteiger partial charge in [-0.1, -0.05) is 65.0 Å². The van der Waals surface area contributed by atoms with Crippen molar-refractivity contribution in [3.8, 4) is 0 Å². The maximum Gasteiger partial charge on any atom is 0.347 e. The zero-order chi connectivity index (χ0) is 53.3. The summed E-state index contributed by atoms with van der Waals surface area (Å²) in [5.74, 6) is -4.62. The number of carbonyl (C=O) groups excluding carboxylic acids is 3. The number of nitrogens with zero attached hydrogens (tertiary/aromatic N) is 2. The van der Waals surface area contributed by atoms with Crippen molar-refractivity contribution in [2.75, 3.05) is 34.8 Å². The summed E-state index contributed by atoms with van der Waals surface area (Å²) in [5, 5.41) is 48.2. The van der Waals surface area contributed by atoms with Crippen molar-refractivity contribution >= 4 is 17.9 Å². The van der Waals surface area contributed by atoms with Crippen molar-refractivity contribution in [3.05, 3.63) is 35.9 Å². The number of hydrogen-bond acceptors (Lipinski definition) is 18. The second-order valence-corrected chi connectivity index (χ2v) is 21.4. The van der Waals surface area contributed by atoms with E-state index in [9.17, 15) is 34.8 Å². The fraction of sp³-hybridized carbons (Fsp3) is 0.830. The van der Waals surface area contributed by atoms with E-state index in [0.29, 0.717) is 25.8 Å². The summed E-state index contributed by atoms with van der Waals surface area (Å²) in [6.45, 7) is 21.2. The number of benzene rings is 1. The Kier molecular flexibility index (Phi) is 22.3. The smallest absolute Gasteiger partial charge is 0.347 e. The van der Waals surface area contributed by atoms with Crippen LogP contribution in [0.25, 0.3) is 0 Å². The minimum absolute atomic E-state index is 0.0940. The van der Waals surface area contributed by atoms with Crippen molar-refractivity contribution in [1.29, 1.82) is 0 Å². The number of aliphatic hydroxyl groups excluding tert-OH is 2. The SMILES string of the molecule is CC[C@@H]1O[C@@H](O[C@H]2[C@H](C)[C@@H](O[C@@H]3O[C@H](C)C[C@H](N(C)C)[C@H]3OC(=O)[C@H](C)OC(=O)[C@@H](C)OCc3ccccc3)[C@](C)(O)C[C@@H](C)CN(C)[C@H](C)[C@@H](O)[C@](C)(O)[C@@H](CC)OC(=O)[C@@H]2C)C[C@@](CC)(OC)[C@H]1O. The molecular weight excluding hydrogens is 921 g/mol. The molecule has 4 N–H and O–H groups in total. The largest absolute Gasteiger partial charge is 0.459 e. The van der Waals surface area contributed by atoms with E-state index in [1.807, 2.05) is 89.0 Å². The molecule has 0 bridgehead atoms. The molecule has 3 fully saturated rings. The summed E-state index contributed by atoms with van der Waals surface area (Å²) in [6, 6.07) is 8.26. The lowest BCUT2D eigenvalue weighted by Gasteiger charge is -2.50. The average molecular weight is 1010 g/mol. The lowest BCUT2D eigenvalue weighted by Crippen LogP contribution is -2.61. The standard InChI is InChI=1S/C53H90N2O16/c1-17-39-45(57)53(19-3,63-16)27-41(67-39)69-42-32(6)46(51(11,61)26-30(4)28-55(15)34(8)44(56)52(12,62)40(18-2)68-47(58)33(42)7)71-50-43(38(54(13)14)25-31(5)65-50)70-49(60)36(10)66-48(59)35(9)64-29-37-23-21-20-22-24-37/h20-24,30-36,38-46,50,56-57,61-62H,17-19,25-29H2,1-16H3/t30-,31-,32+,33-,34-,35-,36+,38+,39+,40-,41+,42+,43-,44-,45+,46-,50+,51-,52-,53-/m1/s1. The molecule has 20 atom stereocenters. The van der Waals surface area contributed by atoms with Gasteiger partial charge in [-0.2, -0.15) is 0 Å². The van der Waals surface area contributed by atoms with Gasteiger partial charge in [0, 0.05) is 32.0 Å². The van der Waals surface area contributed by atoms with Crippen LogP contribution in [0.15, 0.2) is 30.3 Å². The lowest BCUT2D eigenvalue weighted by atomic mass is 9.77. The molecule has 3 aliphatic rings. The summed E-state index contributed by atoms with van der Waals surface area (Å²) in [6.07, 6.45) is -11.1. The topological polar surface area (TPSA) is 222 Å². The summed E-state index contributed by atoms with van der Waals surface area (Å²) in [7, 11) is 7.03. The van der Waals surface area contributed by atoms with Gasteiger partial charge in [0.05, 0.1) is 48.6 Å². The number of hydrogen-bond donors (Lipinski definition) is 4. The van der Waals surface area contributed by atoms with E-state index in [4.69, 9.17) is 42.6 Å². The number of methoxy groups -OCH3 is 1. The molecule has 3 saturated heterocycles. The number of ether oxygens (including phenoxy) is 9. The van der Waals surface area contributed by atoms with Crippen molar-refractivity contribution < 1.29 is 77.4 Å². The van der Waals surface area contributed by atoms with Gasteiger partial charge in [-0.15, -0.1) is 0 Å². The number of cyclic esters (lactones) is 1. The van der Waals surface area contributed by atoms with E-state index in [-0.39, 0.29) is 31.8 Å². The number of esters is 3. The fourth-order valence-electron chi connectivity index (χ4n) is 10.8. The minimum atomic E-state index is -1.87. The number of aliphatic hydroxyl groups is 4. The minimum Gasteiger partial charge on any atom is -0.459 e. The molecule has 0 radical (unpaired) electrons. The van der Waals surface area contributed by atoms with Crippen LogP contribution in [-0.2, 0) is 63.6 Å². The molecule has 408 valence electrons. The van der Waals surface area contributed by atoms with Gasteiger partial charge in [0.2, 0.25) is 0 Å². The second kappa shape index (κ2) is 26.1. The van der Waals surface area contributed by atoms with Crippen molar-refractivity contribution in [1.82, 2.24) is 9.80 Å². The Morgan fingerprint density at radius 1 is 0.887 bits per heavy atom. The van der Waals surface area contributed by atoms with Crippen LogP contribution in [-0.4, -0.2) is 185 Å². The molecule has 4 rings (SSSR count). The highest BCUT2D eigenvalue weighted by molar-refractivity contribution is 5.81. The molecule has 3 heterocycles. The molecule has 18 heteroatoms. The Hall–Kier alpha value is -2.85. The fourth-order valence-corrected chi connectivity index (χ4v) is 10.8. The van der Waals surface area contributed by atoms with Gasteiger partial charge < -0.3 is 72.9 Å². The zero-order valence-corrected chi connectivity index (χ0v) is 45.4. The van der Waals surface area contributed by atoms with Crippen LogP contribution in [0, 0.1) is 17.8 Å². The van der Waals surface area contributed by atoms with Gasteiger partial charge in [0.1, 0.15) is 29.5 Å². The Balaban J connectivity index is 1.80. The molecule has 0 saturated carbocycles. The number of carbonyl (C=O) groups is 3. The third-order valence-corrected chi connectivity index (χ3v) is 15.4. The maximum absolute atomic E-state index is 14.7. The number of rotatable bonds is 16. The third-order valence-electron chi connectivity index (χ3n) is 15.4. The molecular formula is C53H90N2O16. The first-order valence-corrected chi connectivity index (χ1v) is 25.8. The van der Waals surface area contributed by atoms with Gasteiger partial charge in [-0.25, -0.2) is 9.59 Å². The average Bonchev–Trinajstić information content (AvgIpc) is 3.32. The van der Waals surface area contributed by atoms with E-state index < -0.39 is 132 Å². The molecule has 18 nitrogen and oxygen atoms in total. The molecule has 0 aliphatic carbocycles. The molecule has 1 aromatic carbocycles. The van der Waals surface area contributed by atoms with Crippen LogP contribution in [0.2, 0.25) is 0 Å². The molecule has 71 heavy (non-hydrogen) atoms. The van der Waals surface area contributed by atoms with Gasteiger partial charge in [0.15, 0.2) is 30.9 Å². The first-order valence-electron chi connectivity index (χ1n) is 25.8. The van der Waals surface area contributed by atoms with Crippen LogP contribution >= 0.6 is 0 Å². The molecule has 0 aromatic heterocycles. The van der Waals surface area contributed by atoms with Gasteiger partial charge >= 0.3 is 17.9 Å². The Morgan fingerprint density at radius 3 is 2.11 bits per heavy atom. The highest BCUT2D eigenvalue weighted by Crippen LogP contribution is 2.42. The first kappa shape index (κ1) is 60.7. The van der Waals surface area contributed by atoms with Crippen molar-refractivity contribution in [3.63, 3.8) is 0 Å². The maximum atomic E-state index is 14.7. The van der Waals surface area contributed by atoms with Crippen LogP contribution in [0.1, 0.15) is 127 Å². The Bertz CT molecular complexity index is 1820. The van der Waals surface area contributed by atoms with Crippen LogP contribution in [0.5, 0.6) is 0 Å². The first-order chi connectivity index (χ1) is 33.2. The highest BCUT2D eigenvalue weighted by atomic mass is 16.7. The van der Waals surface area contributed by atoms with E-state index in [0.717, 1.165) is 5.56 Å². The van der Waals surface area contributed by atoms with Crippen molar-refractivity contribution in [2.45, 2.75) is 231 Å². The summed E-state index contributed by atoms with van der Waals surface area (Å²) >= 11 is 0. The predicted molar refractivity (Wildman–Crippen MR) is 264 cm³/mol. The second-order valence-electron chi connectivity index (χ2n) is 21.4. The Labute approximate surface area is 423 Å². The Morgan fingerprint density at radius 2 is 1.54 bits per heavy atom. The molecule has 0 spiro atoms. The zero-order valence-electron chi connectivity index (χ0n) is 45.4. The van der Waals surface area contributed by atoms with Gasteiger partial charge in [-0.05, 0) is 113 Å². The number of likely N-dealkylation sites (N-methyl/N-ethyl adjacent to an activating group) is 2. The summed E-state index contributed by atoms with van der Waals surface area (Å²) in [4.78, 5) is 45.7. The van der Waals surface area contributed by atoms with Crippen LogP contribution < -0.4 is 0 Å².